The van der Waals surface area contributed by atoms with Crippen LogP contribution in [0.3, 0.4) is 0 Å². The van der Waals surface area contributed by atoms with Gasteiger partial charge in [0, 0.05) is 10.4 Å². The minimum atomic E-state index is -0.258. The third kappa shape index (κ3) is 1.24. The first kappa shape index (κ1) is 9.69. The molecule has 1 N–H and O–H groups in total. The lowest BCUT2D eigenvalue weighted by molar-refractivity contribution is 0.931. The SMILES string of the molecule is O=c1[nH]ncn2c1cc1cc(Cl)cc(Cl)c12. The second kappa shape index (κ2) is 3.23. The Morgan fingerprint density at radius 2 is 2.06 bits per heavy atom. The van der Waals surface area contributed by atoms with E-state index in [1.807, 2.05) is 0 Å². The molecule has 3 aromatic rings. The van der Waals surface area contributed by atoms with Crippen molar-refractivity contribution in [3.8, 4) is 0 Å². The third-order valence-corrected chi connectivity index (χ3v) is 2.93. The number of hydrogen-bond donors (Lipinski definition) is 1. The Hall–Kier alpha value is -1.52. The quantitative estimate of drug-likeness (QED) is 0.670. The minimum Gasteiger partial charge on any atom is -0.292 e. The molecule has 6 heteroatoms. The minimum absolute atomic E-state index is 0.258. The number of nitrogens with one attached hydrogen (secondary N) is 1. The summed E-state index contributed by atoms with van der Waals surface area (Å²) < 4.78 is 1.65. The summed E-state index contributed by atoms with van der Waals surface area (Å²) in [6.45, 7) is 0. The van der Waals surface area contributed by atoms with Crippen LogP contribution in [0.25, 0.3) is 16.4 Å². The summed E-state index contributed by atoms with van der Waals surface area (Å²) in [4.78, 5) is 11.5. The van der Waals surface area contributed by atoms with Gasteiger partial charge in [0.2, 0.25) is 0 Å². The third-order valence-electron chi connectivity index (χ3n) is 2.42. The van der Waals surface area contributed by atoms with E-state index in [1.165, 1.54) is 6.33 Å². The van der Waals surface area contributed by atoms with Gasteiger partial charge in [0.25, 0.3) is 5.56 Å². The van der Waals surface area contributed by atoms with Crippen molar-refractivity contribution in [2.24, 2.45) is 0 Å². The van der Waals surface area contributed by atoms with Crippen molar-refractivity contribution in [2.45, 2.75) is 0 Å². The van der Waals surface area contributed by atoms with Gasteiger partial charge in [0.15, 0.2) is 0 Å². The average molecular weight is 254 g/mol. The first-order chi connectivity index (χ1) is 7.66. The van der Waals surface area contributed by atoms with Crippen LogP contribution in [0.5, 0.6) is 0 Å². The molecule has 1 aromatic carbocycles. The van der Waals surface area contributed by atoms with Gasteiger partial charge < -0.3 is 0 Å². The highest BCUT2D eigenvalue weighted by molar-refractivity contribution is 6.38. The van der Waals surface area contributed by atoms with Gasteiger partial charge in [-0.2, -0.15) is 5.10 Å². The van der Waals surface area contributed by atoms with Crippen molar-refractivity contribution < 1.29 is 0 Å². The number of nitrogens with zero attached hydrogens (tertiary/aromatic N) is 2. The number of fused-ring (bicyclic) bond motifs is 3. The molecule has 80 valence electrons. The fourth-order valence-electron chi connectivity index (χ4n) is 1.78. The molecule has 0 saturated heterocycles. The summed E-state index contributed by atoms with van der Waals surface area (Å²) >= 11 is 12.0. The summed E-state index contributed by atoms with van der Waals surface area (Å²) in [5.74, 6) is 0. The molecule has 0 spiro atoms. The zero-order valence-corrected chi connectivity index (χ0v) is 9.38. The lowest BCUT2D eigenvalue weighted by atomic mass is 10.2. The second-order valence-corrected chi connectivity index (χ2v) is 4.25. The maximum absolute atomic E-state index is 11.5. The number of halogens is 2. The predicted octanol–water partition coefficient (Wildman–Crippen LogP) is 2.48. The molecule has 2 heterocycles. The Morgan fingerprint density at radius 1 is 1.25 bits per heavy atom. The standard InChI is InChI=1S/C10H5Cl2N3O/c11-6-1-5-2-8-10(16)14-13-4-15(8)9(5)7(12)3-6/h1-4H,(H,14,16). The molecule has 0 aliphatic heterocycles. The second-order valence-electron chi connectivity index (χ2n) is 3.41. The van der Waals surface area contributed by atoms with Crippen molar-refractivity contribution >= 4 is 39.6 Å². The van der Waals surface area contributed by atoms with E-state index in [0.29, 0.717) is 15.6 Å². The van der Waals surface area contributed by atoms with Crippen LogP contribution in [0.4, 0.5) is 0 Å². The van der Waals surface area contributed by atoms with Crippen LogP contribution < -0.4 is 5.56 Å². The van der Waals surface area contributed by atoms with Crippen LogP contribution in [0.1, 0.15) is 0 Å². The molecule has 0 aliphatic carbocycles. The van der Waals surface area contributed by atoms with Crippen LogP contribution in [-0.2, 0) is 0 Å². The van der Waals surface area contributed by atoms with E-state index < -0.39 is 0 Å². The molecule has 0 saturated carbocycles. The molecule has 0 unspecified atom stereocenters. The maximum Gasteiger partial charge on any atom is 0.288 e. The number of aromatic nitrogens is 3. The Morgan fingerprint density at radius 3 is 2.88 bits per heavy atom. The van der Waals surface area contributed by atoms with Crippen molar-refractivity contribution in [1.29, 1.82) is 0 Å². The van der Waals surface area contributed by atoms with Crippen molar-refractivity contribution in [3.05, 3.63) is 44.9 Å². The van der Waals surface area contributed by atoms with Gasteiger partial charge in [0.05, 0.1) is 10.5 Å². The Labute approximate surface area is 99.4 Å². The Bertz CT molecular complexity index is 760. The number of benzene rings is 1. The summed E-state index contributed by atoms with van der Waals surface area (Å²) in [5, 5.41) is 7.95. The molecule has 16 heavy (non-hydrogen) atoms. The van der Waals surface area contributed by atoms with Crippen LogP contribution in [0.2, 0.25) is 10.0 Å². The van der Waals surface area contributed by atoms with Gasteiger partial charge in [-0.1, -0.05) is 23.2 Å². The van der Waals surface area contributed by atoms with Crippen LogP contribution in [0, 0.1) is 0 Å². The molecule has 0 atom stereocenters. The summed E-state index contributed by atoms with van der Waals surface area (Å²) in [5.41, 5.74) is 0.972. The van der Waals surface area contributed by atoms with Gasteiger partial charge >= 0.3 is 0 Å². The highest BCUT2D eigenvalue weighted by Crippen LogP contribution is 2.29. The van der Waals surface area contributed by atoms with Crippen LogP contribution in [-0.4, -0.2) is 14.6 Å². The first-order valence-corrected chi connectivity index (χ1v) is 5.26. The van der Waals surface area contributed by atoms with Gasteiger partial charge in [-0.05, 0) is 18.2 Å². The zero-order valence-electron chi connectivity index (χ0n) is 7.87. The molecule has 2 aromatic heterocycles. The van der Waals surface area contributed by atoms with Crippen molar-refractivity contribution in [1.82, 2.24) is 14.6 Å². The largest absolute Gasteiger partial charge is 0.292 e. The van der Waals surface area contributed by atoms with E-state index in [4.69, 9.17) is 23.2 Å². The fraction of sp³-hybridized carbons (Fsp3) is 0. The van der Waals surface area contributed by atoms with Gasteiger partial charge in [-0.25, -0.2) is 5.10 Å². The molecule has 3 rings (SSSR count). The van der Waals surface area contributed by atoms with E-state index >= 15 is 0 Å². The lowest BCUT2D eigenvalue weighted by Crippen LogP contribution is -2.10. The highest BCUT2D eigenvalue weighted by atomic mass is 35.5. The molecule has 0 bridgehead atoms. The Balaban J connectivity index is 2.67. The predicted molar refractivity (Wildman–Crippen MR) is 63.3 cm³/mol. The van der Waals surface area contributed by atoms with E-state index in [2.05, 4.69) is 10.2 Å². The highest BCUT2D eigenvalue weighted by Gasteiger charge is 2.09. The molecular formula is C10H5Cl2N3O. The smallest absolute Gasteiger partial charge is 0.288 e. The van der Waals surface area contributed by atoms with Gasteiger partial charge in [-0.15, -0.1) is 0 Å². The first-order valence-electron chi connectivity index (χ1n) is 4.50. The van der Waals surface area contributed by atoms with Gasteiger partial charge in [-0.3, -0.25) is 9.20 Å². The molecular weight excluding hydrogens is 249 g/mol. The Kier molecular flexibility index (Phi) is 1.96. The van der Waals surface area contributed by atoms with E-state index in [-0.39, 0.29) is 5.56 Å². The molecule has 0 amide bonds. The lowest BCUT2D eigenvalue weighted by Gasteiger charge is -1.98. The fourth-order valence-corrected chi connectivity index (χ4v) is 2.38. The van der Waals surface area contributed by atoms with E-state index in [0.717, 1.165) is 10.9 Å². The van der Waals surface area contributed by atoms with Crippen molar-refractivity contribution in [3.63, 3.8) is 0 Å². The summed E-state index contributed by atoms with van der Waals surface area (Å²) in [6.07, 6.45) is 1.51. The van der Waals surface area contributed by atoms with Crippen LogP contribution >= 0.6 is 23.2 Å². The van der Waals surface area contributed by atoms with Crippen LogP contribution in [0.15, 0.2) is 29.3 Å². The molecule has 0 fully saturated rings. The van der Waals surface area contributed by atoms with Gasteiger partial charge in [0.1, 0.15) is 11.8 Å². The monoisotopic (exact) mass is 253 g/mol. The zero-order chi connectivity index (χ0) is 11.3. The number of H-pyrrole nitrogens is 1. The number of aromatic amines is 1. The summed E-state index contributed by atoms with van der Waals surface area (Å²) in [6, 6.07) is 5.13. The van der Waals surface area contributed by atoms with E-state index in [1.54, 1.807) is 22.6 Å². The number of hydrogen-bond acceptors (Lipinski definition) is 2. The maximum atomic E-state index is 11.5. The molecule has 0 radical (unpaired) electrons. The average Bonchev–Trinajstić information content (AvgIpc) is 2.57. The number of rotatable bonds is 0. The molecule has 0 aliphatic rings. The van der Waals surface area contributed by atoms with Crippen molar-refractivity contribution in [2.75, 3.05) is 0 Å². The normalized spacial score (nSPS) is 11.4. The molecule has 4 nitrogen and oxygen atoms in total. The van der Waals surface area contributed by atoms with E-state index in [9.17, 15) is 4.79 Å². The topological polar surface area (TPSA) is 50.2 Å². The summed E-state index contributed by atoms with van der Waals surface area (Å²) in [7, 11) is 0.